The van der Waals surface area contributed by atoms with Crippen molar-refractivity contribution in [2.45, 2.75) is 78.1 Å². The summed E-state index contributed by atoms with van der Waals surface area (Å²) in [7, 11) is 0. The first-order valence-electron chi connectivity index (χ1n) is 7.70. The standard InChI is InChI=1S/C16H30O/c1-15(9-10-15)7-3-5-13-17-14-6-4-8-16(2)11-12-16/h3-14H2,1-2H3. The molecule has 2 saturated carbocycles. The molecular weight excluding hydrogens is 208 g/mol. The highest BCUT2D eigenvalue weighted by molar-refractivity contribution is 4.88. The lowest BCUT2D eigenvalue weighted by atomic mass is 10.0. The Bertz CT molecular complexity index is 202. The van der Waals surface area contributed by atoms with Crippen LogP contribution in [0.1, 0.15) is 78.1 Å². The maximum atomic E-state index is 5.70. The van der Waals surface area contributed by atoms with Crippen molar-refractivity contribution >= 4 is 0 Å². The quantitative estimate of drug-likeness (QED) is 0.490. The lowest BCUT2D eigenvalue weighted by Crippen LogP contribution is -2.00. The maximum absolute atomic E-state index is 5.70. The molecule has 0 saturated heterocycles. The van der Waals surface area contributed by atoms with Gasteiger partial charge in [-0.2, -0.15) is 0 Å². The zero-order valence-electron chi connectivity index (χ0n) is 11.9. The molecule has 2 fully saturated rings. The Hall–Kier alpha value is -0.0400. The van der Waals surface area contributed by atoms with Gasteiger partial charge in [-0.1, -0.05) is 26.7 Å². The van der Waals surface area contributed by atoms with Gasteiger partial charge >= 0.3 is 0 Å². The van der Waals surface area contributed by atoms with Gasteiger partial charge in [0.15, 0.2) is 0 Å². The average molecular weight is 238 g/mol. The van der Waals surface area contributed by atoms with E-state index in [1.165, 1.54) is 64.2 Å². The van der Waals surface area contributed by atoms with Crippen LogP contribution in [0.15, 0.2) is 0 Å². The van der Waals surface area contributed by atoms with Gasteiger partial charge in [0.25, 0.3) is 0 Å². The molecule has 0 bridgehead atoms. The van der Waals surface area contributed by atoms with Crippen molar-refractivity contribution in [1.82, 2.24) is 0 Å². The second-order valence-electron chi connectivity index (χ2n) is 7.15. The smallest absolute Gasteiger partial charge is 0.0466 e. The zero-order valence-corrected chi connectivity index (χ0v) is 11.9. The summed E-state index contributed by atoms with van der Waals surface area (Å²) in [6.07, 6.45) is 14.0. The summed E-state index contributed by atoms with van der Waals surface area (Å²) in [5.41, 5.74) is 1.47. The topological polar surface area (TPSA) is 9.23 Å². The molecule has 0 amide bonds. The van der Waals surface area contributed by atoms with E-state index < -0.39 is 0 Å². The third kappa shape index (κ3) is 5.42. The monoisotopic (exact) mass is 238 g/mol. The van der Waals surface area contributed by atoms with Gasteiger partial charge in [0.05, 0.1) is 0 Å². The Balaban J connectivity index is 1.30. The molecule has 0 atom stereocenters. The minimum Gasteiger partial charge on any atom is -0.381 e. The molecule has 2 rings (SSSR count). The number of unbranched alkanes of at least 4 members (excludes halogenated alkanes) is 2. The summed E-state index contributed by atoms with van der Waals surface area (Å²) in [5, 5.41) is 0. The van der Waals surface area contributed by atoms with E-state index in [-0.39, 0.29) is 0 Å². The van der Waals surface area contributed by atoms with Crippen LogP contribution in [0.3, 0.4) is 0 Å². The second kappa shape index (κ2) is 5.73. The number of hydrogen-bond donors (Lipinski definition) is 0. The van der Waals surface area contributed by atoms with Crippen molar-refractivity contribution in [3.63, 3.8) is 0 Å². The minimum absolute atomic E-state index is 0.736. The predicted molar refractivity (Wildman–Crippen MR) is 73.2 cm³/mol. The third-order valence-electron chi connectivity index (χ3n) is 4.85. The molecule has 2 aliphatic carbocycles. The Morgan fingerprint density at radius 3 is 1.47 bits per heavy atom. The van der Waals surface area contributed by atoms with Crippen LogP contribution in [0.25, 0.3) is 0 Å². The van der Waals surface area contributed by atoms with Crippen molar-refractivity contribution < 1.29 is 4.74 Å². The lowest BCUT2D eigenvalue weighted by molar-refractivity contribution is 0.123. The molecule has 0 spiro atoms. The molecule has 0 aromatic rings. The van der Waals surface area contributed by atoms with Gasteiger partial charge in [0, 0.05) is 13.2 Å². The highest BCUT2D eigenvalue weighted by atomic mass is 16.5. The molecule has 0 radical (unpaired) electrons. The SMILES string of the molecule is CC1(CCCCOCCCCC2(C)CC2)CC1. The lowest BCUT2D eigenvalue weighted by Gasteiger charge is -2.09. The summed E-state index contributed by atoms with van der Waals surface area (Å²) in [6, 6.07) is 0. The van der Waals surface area contributed by atoms with Gasteiger partial charge in [-0.25, -0.2) is 0 Å². The molecule has 0 heterocycles. The first-order valence-corrected chi connectivity index (χ1v) is 7.70. The van der Waals surface area contributed by atoms with E-state index >= 15 is 0 Å². The van der Waals surface area contributed by atoms with Gasteiger partial charge in [-0.05, 0) is 62.2 Å². The van der Waals surface area contributed by atoms with Crippen LogP contribution in [0.4, 0.5) is 0 Å². The number of ether oxygens (including phenoxy) is 1. The van der Waals surface area contributed by atoms with Crippen molar-refractivity contribution in [2.24, 2.45) is 10.8 Å². The summed E-state index contributed by atoms with van der Waals surface area (Å²) < 4.78 is 5.70. The van der Waals surface area contributed by atoms with Gasteiger partial charge in [0.1, 0.15) is 0 Å². The fourth-order valence-electron chi connectivity index (χ4n) is 2.54. The molecular formula is C16H30O. The molecule has 0 unspecified atom stereocenters. The van der Waals surface area contributed by atoms with Crippen LogP contribution < -0.4 is 0 Å². The zero-order chi connectivity index (χ0) is 12.2. The maximum Gasteiger partial charge on any atom is 0.0466 e. The Labute approximate surface area is 107 Å². The first kappa shape index (κ1) is 13.4. The highest BCUT2D eigenvalue weighted by Crippen LogP contribution is 2.49. The third-order valence-corrected chi connectivity index (χ3v) is 4.85. The largest absolute Gasteiger partial charge is 0.381 e. The Morgan fingerprint density at radius 2 is 1.12 bits per heavy atom. The Kier molecular flexibility index (Phi) is 4.52. The summed E-state index contributed by atoms with van der Waals surface area (Å²) in [4.78, 5) is 0. The average Bonchev–Trinajstić information content (AvgIpc) is 3.19. The first-order chi connectivity index (χ1) is 8.12. The summed E-state index contributed by atoms with van der Waals surface area (Å²) >= 11 is 0. The van der Waals surface area contributed by atoms with E-state index in [4.69, 9.17) is 4.74 Å². The highest BCUT2D eigenvalue weighted by Gasteiger charge is 2.36. The van der Waals surface area contributed by atoms with Crippen LogP contribution in [0.5, 0.6) is 0 Å². The van der Waals surface area contributed by atoms with E-state index in [9.17, 15) is 0 Å². The van der Waals surface area contributed by atoms with Gasteiger partial charge < -0.3 is 4.74 Å². The summed E-state index contributed by atoms with van der Waals surface area (Å²) in [6.45, 7) is 6.83. The van der Waals surface area contributed by atoms with Crippen LogP contribution in [0, 0.1) is 10.8 Å². The van der Waals surface area contributed by atoms with Gasteiger partial charge in [-0.3, -0.25) is 0 Å². The second-order valence-corrected chi connectivity index (χ2v) is 7.15. The fourth-order valence-corrected chi connectivity index (χ4v) is 2.54. The molecule has 0 aromatic heterocycles. The van der Waals surface area contributed by atoms with Crippen LogP contribution in [0.2, 0.25) is 0 Å². The molecule has 1 nitrogen and oxygen atoms in total. The molecule has 17 heavy (non-hydrogen) atoms. The normalized spacial score (nSPS) is 23.6. The van der Waals surface area contributed by atoms with Crippen molar-refractivity contribution in [1.29, 1.82) is 0 Å². The molecule has 1 heteroatoms. The molecule has 0 aliphatic heterocycles. The Morgan fingerprint density at radius 1 is 0.706 bits per heavy atom. The van der Waals surface area contributed by atoms with Gasteiger partial charge in [-0.15, -0.1) is 0 Å². The van der Waals surface area contributed by atoms with E-state index in [0.29, 0.717) is 0 Å². The van der Waals surface area contributed by atoms with Gasteiger partial charge in [0.2, 0.25) is 0 Å². The molecule has 0 aromatic carbocycles. The number of hydrogen-bond acceptors (Lipinski definition) is 1. The van der Waals surface area contributed by atoms with E-state index in [0.717, 1.165) is 24.0 Å². The van der Waals surface area contributed by atoms with Crippen molar-refractivity contribution in [3.05, 3.63) is 0 Å². The van der Waals surface area contributed by atoms with E-state index in [1.807, 2.05) is 0 Å². The van der Waals surface area contributed by atoms with Crippen molar-refractivity contribution in [2.75, 3.05) is 13.2 Å². The predicted octanol–water partition coefficient (Wildman–Crippen LogP) is 4.94. The van der Waals surface area contributed by atoms with Crippen LogP contribution >= 0.6 is 0 Å². The van der Waals surface area contributed by atoms with Crippen molar-refractivity contribution in [3.8, 4) is 0 Å². The molecule has 0 N–H and O–H groups in total. The fraction of sp³-hybridized carbons (Fsp3) is 1.00. The minimum atomic E-state index is 0.736. The number of rotatable bonds is 10. The van der Waals surface area contributed by atoms with E-state index in [1.54, 1.807) is 0 Å². The summed E-state index contributed by atoms with van der Waals surface area (Å²) in [5.74, 6) is 0. The molecule has 2 aliphatic rings. The van der Waals surface area contributed by atoms with Crippen LogP contribution in [-0.2, 0) is 4.74 Å². The van der Waals surface area contributed by atoms with E-state index in [2.05, 4.69) is 13.8 Å². The molecule has 100 valence electrons. The van der Waals surface area contributed by atoms with Crippen LogP contribution in [-0.4, -0.2) is 13.2 Å².